The van der Waals surface area contributed by atoms with Gasteiger partial charge in [0.15, 0.2) is 0 Å². The summed E-state index contributed by atoms with van der Waals surface area (Å²) in [7, 11) is 0. The van der Waals surface area contributed by atoms with Gasteiger partial charge in [0.05, 0.1) is 13.2 Å². The Morgan fingerprint density at radius 1 is 0.824 bits per heavy atom. The molecule has 6 nitrogen and oxygen atoms in total. The monoisotopic (exact) mass is 459 g/mol. The first kappa shape index (κ1) is 24.8. The van der Waals surface area contributed by atoms with E-state index in [1.165, 1.54) is 19.3 Å². The summed E-state index contributed by atoms with van der Waals surface area (Å²) < 4.78 is 5.73. The maximum Gasteiger partial charge on any atom is 0.251 e. The van der Waals surface area contributed by atoms with Gasteiger partial charge in [-0.1, -0.05) is 62.6 Å². The summed E-state index contributed by atoms with van der Waals surface area (Å²) in [5, 5.41) is 8.85. The molecule has 0 aromatic heterocycles. The van der Waals surface area contributed by atoms with Gasteiger partial charge >= 0.3 is 0 Å². The average Bonchev–Trinajstić information content (AvgIpc) is 2.88. The Hall–Kier alpha value is -3.80. The number of anilines is 2. The maximum atomic E-state index is 12.5. The van der Waals surface area contributed by atoms with Crippen molar-refractivity contribution in [3.05, 3.63) is 90.0 Å². The minimum absolute atomic E-state index is 0.0881. The molecular formula is C28H33N3O3. The van der Waals surface area contributed by atoms with Crippen LogP contribution >= 0.6 is 0 Å². The van der Waals surface area contributed by atoms with Crippen molar-refractivity contribution in [2.75, 3.05) is 23.8 Å². The number of amides is 2. The molecule has 0 saturated heterocycles. The van der Waals surface area contributed by atoms with E-state index >= 15 is 0 Å². The predicted octanol–water partition coefficient (Wildman–Crippen LogP) is 5.63. The highest BCUT2D eigenvalue weighted by Gasteiger charge is 2.08. The van der Waals surface area contributed by atoms with Crippen LogP contribution in [0.3, 0.4) is 0 Å². The van der Waals surface area contributed by atoms with Crippen LogP contribution in [0, 0.1) is 0 Å². The number of carbonyl (C=O) groups is 2. The molecule has 2 amide bonds. The SMILES string of the molecule is CCCCCCOc1ccc(NC(=O)CNc2cccc(C(=O)NCc3ccccc3)c2)cc1. The molecule has 0 bridgehead atoms. The van der Waals surface area contributed by atoms with E-state index in [-0.39, 0.29) is 18.4 Å². The van der Waals surface area contributed by atoms with Crippen LogP contribution < -0.4 is 20.7 Å². The Kier molecular flexibility index (Phi) is 9.99. The molecule has 3 N–H and O–H groups in total. The van der Waals surface area contributed by atoms with E-state index in [0.29, 0.717) is 30.1 Å². The third-order valence-corrected chi connectivity index (χ3v) is 5.28. The van der Waals surface area contributed by atoms with Crippen LogP contribution in [0.5, 0.6) is 5.75 Å². The second kappa shape index (κ2) is 13.7. The molecule has 0 aliphatic rings. The smallest absolute Gasteiger partial charge is 0.251 e. The highest BCUT2D eigenvalue weighted by atomic mass is 16.5. The summed E-state index contributed by atoms with van der Waals surface area (Å²) in [6.07, 6.45) is 4.67. The van der Waals surface area contributed by atoms with Gasteiger partial charge in [-0.3, -0.25) is 9.59 Å². The lowest BCUT2D eigenvalue weighted by atomic mass is 10.1. The first-order chi connectivity index (χ1) is 16.6. The van der Waals surface area contributed by atoms with Crippen molar-refractivity contribution in [3.8, 4) is 5.75 Å². The standard InChI is InChI=1S/C28H33N3O3/c1-2-3-4-8-18-34-26-16-14-24(15-17-26)31-27(32)21-29-25-13-9-12-23(19-25)28(33)30-20-22-10-6-5-7-11-22/h5-7,9-17,19,29H,2-4,8,18,20-21H2,1H3,(H,30,33)(H,31,32). The first-order valence-corrected chi connectivity index (χ1v) is 11.8. The van der Waals surface area contributed by atoms with E-state index in [2.05, 4.69) is 22.9 Å². The number of hydrogen-bond acceptors (Lipinski definition) is 4. The van der Waals surface area contributed by atoms with Gasteiger partial charge in [0.2, 0.25) is 5.91 Å². The van der Waals surface area contributed by atoms with Crippen LogP contribution in [-0.2, 0) is 11.3 Å². The highest BCUT2D eigenvalue weighted by Crippen LogP contribution is 2.16. The Bertz CT molecular complexity index is 1040. The Morgan fingerprint density at radius 3 is 2.38 bits per heavy atom. The summed E-state index contributed by atoms with van der Waals surface area (Å²) >= 11 is 0. The molecule has 0 heterocycles. The zero-order valence-corrected chi connectivity index (χ0v) is 19.7. The minimum Gasteiger partial charge on any atom is -0.494 e. The van der Waals surface area contributed by atoms with Crippen LogP contribution in [0.15, 0.2) is 78.9 Å². The van der Waals surface area contributed by atoms with Gasteiger partial charge in [0.1, 0.15) is 5.75 Å². The lowest BCUT2D eigenvalue weighted by molar-refractivity contribution is -0.114. The van der Waals surface area contributed by atoms with Gasteiger partial charge < -0.3 is 20.7 Å². The van der Waals surface area contributed by atoms with Gasteiger partial charge in [-0.2, -0.15) is 0 Å². The van der Waals surface area contributed by atoms with Crippen molar-refractivity contribution in [1.29, 1.82) is 0 Å². The predicted molar refractivity (Wildman–Crippen MR) is 137 cm³/mol. The fourth-order valence-electron chi connectivity index (χ4n) is 3.39. The van der Waals surface area contributed by atoms with E-state index in [0.717, 1.165) is 17.7 Å². The van der Waals surface area contributed by atoms with Crippen molar-refractivity contribution in [1.82, 2.24) is 5.32 Å². The van der Waals surface area contributed by atoms with Gasteiger partial charge in [-0.15, -0.1) is 0 Å². The number of rotatable bonds is 13. The topological polar surface area (TPSA) is 79.5 Å². The van der Waals surface area contributed by atoms with Gasteiger partial charge in [-0.05, 0) is 54.4 Å². The van der Waals surface area contributed by atoms with Crippen LogP contribution in [0.2, 0.25) is 0 Å². The summed E-state index contributed by atoms with van der Waals surface area (Å²) in [5.74, 6) is 0.465. The molecule has 34 heavy (non-hydrogen) atoms. The lowest BCUT2D eigenvalue weighted by Gasteiger charge is -2.11. The number of ether oxygens (including phenoxy) is 1. The van der Waals surface area contributed by atoms with Gasteiger partial charge in [0, 0.05) is 23.5 Å². The summed E-state index contributed by atoms with van der Waals surface area (Å²) in [4.78, 5) is 24.8. The van der Waals surface area contributed by atoms with Gasteiger partial charge in [-0.25, -0.2) is 0 Å². The van der Waals surface area contributed by atoms with Crippen LogP contribution in [0.1, 0.15) is 48.5 Å². The maximum absolute atomic E-state index is 12.5. The van der Waals surface area contributed by atoms with Crippen molar-refractivity contribution in [2.45, 2.75) is 39.2 Å². The molecule has 0 fully saturated rings. The molecule has 3 aromatic carbocycles. The van der Waals surface area contributed by atoms with Crippen molar-refractivity contribution >= 4 is 23.2 Å². The third-order valence-electron chi connectivity index (χ3n) is 5.28. The average molecular weight is 460 g/mol. The van der Waals surface area contributed by atoms with Crippen molar-refractivity contribution in [3.63, 3.8) is 0 Å². The molecule has 0 unspecified atom stereocenters. The summed E-state index contributed by atoms with van der Waals surface area (Å²) in [6.45, 7) is 3.44. The quantitative estimate of drug-likeness (QED) is 0.290. The molecule has 3 aromatic rings. The normalized spacial score (nSPS) is 10.4. The van der Waals surface area contributed by atoms with E-state index in [1.807, 2.05) is 60.7 Å². The third kappa shape index (κ3) is 8.62. The highest BCUT2D eigenvalue weighted by molar-refractivity contribution is 5.96. The largest absolute Gasteiger partial charge is 0.494 e. The molecule has 178 valence electrons. The Balaban J connectivity index is 1.41. The molecule has 0 radical (unpaired) electrons. The molecule has 0 spiro atoms. The van der Waals surface area contributed by atoms with E-state index in [9.17, 15) is 9.59 Å². The fourth-order valence-corrected chi connectivity index (χ4v) is 3.39. The van der Waals surface area contributed by atoms with Crippen LogP contribution in [-0.4, -0.2) is 25.0 Å². The molecule has 0 saturated carbocycles. The molecule has 3 rings (SSSR count). The van der Waals surface area contributed by atoms with E-state index in [1.54, 1.807) is 18.2 Å². The van der Waals surface area contributed by atoms with Crippen LogP contribution in [0.4, 0.5) is 11.4 Å². The second-order valence-electron chi connectivity index (χ2n) is 8.08. The van der Waals surface area contributed by atoms with E-state index < -0.39 is 0 Å². The number of nitrogens with one attached hydrogen (secondary N) is 3. The molecule has 0 aliphatic carbocycles. The van der Waals surface area contributed by atoms with Gasteiger partial charge in [0.25, 0.3) is 5.91 Å². The zero-order valence-electron chi connectivity index (χ0n) is 19.7. The fraction of sp³-hybridized carbons (Fsp3) is 0.286. The number of hydrogen-bond donors (Lipinski definition) is 3. The molecule has 0 aliphatic heterocycles. The zero-order chi connectivity index (χ0) is 24.0. The molecule has 6 heteroatoms. The molecular weight excluding hydrogens is 426 g/mol. The van der Waals surface area contributed by atoms with Crippen LogP contribution in [0.25, 0.3) is 0 Å². The summed E-state index contributed by atoms with van der Waals surface area (Å²) in [5.41, 5.74) is 2.98. The van der Waals surface area contributed by atoms with Crippen molar-refractivity contribution < 1.29 is 14.3 Å². The number of benzene rings is 3. The Morgan fingerprint density at radius 2 is 1.62 bits per heavy atom. The minimum atomic E-state index is -0.174. The first-order valence-electron chi connectivity index (χ1n) is 11.8. The summed E-state index contributed by atoms with van der Waals surface area (Å²) in [6, 6.07) is 24.2. The van der Waals surface area contributed by atoms with Crippen molar-refractivity contribution in [2.24, 2.45) is 0 Å². The lowest BCUT2D eigenvalue weighted by Crippen LogP contribution is -2.23. The number of unbranched alkanes of at least 4 members (excludes halogenated alkanes) is 3. The number of carbonyl (C=O) groups excluding carboxylic acids is 2. The second-order valence-corrected chi connectivity index (χ2v) is 8.08. The van der Waals surface area contributed by atoms with E-state index in [4.69, 9.17) is 4.74 Å². The Labute approximate surface area is 201 Å². The molecule has 0 atom stereocenters.